The number of fused-ring (bicyclic) bond motifs is 2. The molecule has 2 saturated carbocycles. The molecule has 90 valence electrons. The number of urea groups is 1. The van der Waals surface area contributed by atoms with Crippen LogP contribution >= 0.6 is 0 Å². The first-order chi connectivity index (χ1) is 7.70. The van der Waals surface area contributed by atoms with Crippen molar-refractivity contribution in [1.82, 2.24) is 10.6 Å². The fourth-order valence-corrected chi connectivity index (χ4v) is 3.42. The predicted octanol–water partition coefficient (Wildman–Crippen LogP) is 2.64. The van der Waals surface area contributed by atoms with Crippen molar-refractivity contribution in [3.8, 4) is 0 Å². The van der Waals surface area contributed by atoms with Gasteiger partial charge in [-0.2, -0.15) is 0 Å². The highest BCUT2D eigenvalue weighted by Crippen LogP contribution is 2.49. The Morgan fingerprint density at radius 2 is 2.19 bits per heavy atom. The number of amides is 2. The van der Waals surface area contributed by atoms with E-state index in [2.05, 4.69) is 17.6 Å². The highest BCUT2D eigenvalue weighted by Gasteiger charge is 2.42. The quantitative estimate of drug-likeness (QED) is 0.757. The third-order valence-corrected chi connectivity index (χ3v) is 4.17. The summed E-state index contributed by atoms with van der Waals surface area (Å²) in [7, 11) is 0. The normalized spacial score (nSPS) is 34.2. The van der Waals surface area contributed by atoms with Crippen molar-refractivity contribution in [2.24, 2.45) is 17.8 Å². The zero-order valence-electron chi connectivity index (χ0n) is 10.2. The Bertz CT molecular complexity index is 288. The maximum absolute atomic E-state index is 11.5. The van der Waals surface area contributed by atoms with Crippen molar-refractivity contribution in [1.29, 1.82) is 0 Å². The molecule has 2 bridgehead atoms. The van der Waals surface area contributed by atoms with Gasteiger partial charge in [-0.25, -0.2) is 4.79 Å². The third-order valence-electron chi connectivity index (χ3n) is 4.17. The van der Waals surface area contributed by atoms with E-state index in [0.717, 1.165) is 11.8 Å². The SMILES string of the molecule is C/C=C/NC(=O)NC(C)C1CC2CCC1C2. The van der Waals surface area contributed by atoms with E-state index in [4.69, 9.17) is 0 Å². The second kappa shape index (κ2) is 4.89. The molecule has 3 nitrogen and oxygen atoms in total. The predicted molar refractivity (Wildman–Crippen MR) is 64.9 cm³/mol. The number of hydrogen-bond donors (Lipinski definition) is 2. The lowest BCUT2D eigenvalue weighted by molar-refractivity contribution is 0.223. The van der Waals surface area contributed by atoms with Gasteiger partial charge in [-0.3, -0.25) is 0 Å². The van der Waals surface area contributed by atoms with Crippen LogP contribution in [0.25, 0.3) is 0 Å². The molecule has 0 radical (unpaired) electrons. The van der Waals surface area contributed by atoms with Gasteiger partial charge in [0.15, 0.2) is 0 Å². The second-order valence-electron chi connectivity index (χ2n) is 5.25. The summed E-state index contributed by atoms with van der Waals surface area (Å²) in [5, 5.41) is 5.74. The Balaban J connectivity index is 1.79. The van der Waals surface area contributed by atoms with Crippen LogP contribution in [0.15, 0.2) is 12.3 Å². The monoisotopic (exact) mass is 222 g/mol. The summed E-state index contributed by atoms with van der Waals surface area (Å²) in [6, 6.07) is 0.230. The first-order valence-corrected chi connectivity index (χ1v) is 6.39. The highest BCUT2D eigenvalue weighted by atomic mass is 16.2. The molecule has 4 atom stereocenters. The molecule has 16 heavy (non-hydrogen) atoms. The van der Waals surface area contributed by atoms with E-state index < -0.39 is 0 Å². The minimum absolute atomic E-state index is 0.0756. The fraction of sp³-hybridized carbons (Fsp3) is 0.769. The van der Waals surface area contributed by atoms with Crippen LogP contribution in [0.2, 0.25) is 0 Å². The lowest BCUT2D eigenvalue weighted by Gasteiger charge is -2.28. The molecule has 2 amide bonds. The molecule has 2 aliphatic rings. The van der Waals surface area contributed by atoms with Crippen molar-refractivity contribution in [3.63, 3.8) is 0 Å². The van der Waals surface area contributed by atoms with Crippen molar-refractivity contribution >= 4 is 6.03 Å². The number of carbonyl (C=O) groups excluding carboxylic acids is 1. The molecule has 0 aromatic rings. The molecule has 2 aliphatic carbocycles. The summed E-state index contributed by atoms with van der Waals surface area (Å²) < 4.78 is 0. The van der Waals surface area contributed by atoms with Crippen LogP contribution in [0, 0.1) is 17.8 Å². The van der Waals surface area contributed by atoms with Gasteiger partial charge in [-0.1, -0.05) is 12.5 Å². The lowest BCUT2D eigenvalue weighted by atomic mass is 9.84. The molecule has 3 heteroatoms. The summed E-state index contributed by atoms with van der Waals surface area (Å²) in [5.41, 5.74) is 0. The van der Waals surface area contributed by atoms with Crippen LogP contribution in [-0.2, 0) is 0 Å². The molecule has 0 aromatic carbocycles. The van der Waals surface area contributed by atoms with Crippen molar-refractivity contribution < 1.29 is 4.79 Å². The standard InChI is InChI=1S/C13H22N2O/c1-3-6-14-13(16)15-9(2)12-8-10-4-5-11(12)7-10/h3,6,9-12H,4-5,7-8H2,1-2H3,(H2,14,15,16)/b6-3+. The van der Waals surface area contributed by atoms with Gasteiger partial charge in [0.05, 0.1) is 0 Å². The lowest BCUT2D eigenvalue weighted by Crippen LogP contribution is -2.43. The fourth-order valence-electron chi connectivity index (χ4n) is 3.42. The van der Waals surface area contributed by atoms with Crippen molar-refractivity contribution in [3.05, 3.63) is 12.3 Å². The number of rotatable bonds is 3. The number of carbonyl (C=O) groups is 1. The van der Waals surface area contributed by atoms with Crippen LogP contribution in [0.3, 0.4) is 0 Å². The van der Waals surface area contributed by atoms with E-state index in [1.54, 1.807) is 6.20 Å². The zero-order chi connectivity index (χ0) is 11.5. The van der Waals surface area contributed by atoms with Crippen LogP contribution in [-0.4, -0.2) is 12.1 Å². The smallest absolute Gasteiger partial charge is 0.318 e. The van der Waals surface area contributed by atoms with Crippen LogP contribution in [0.1, 0.15) is 39.5 Å². The Labute approximate surface area is 97.7 Å². The Morgan fingerprint density at radius 1 is 1.38 bits per heavy atom. The number of nitrogens with one attached hydrogen (secondary N) is 2. The molecule has 0 spiro atoms. The molecule has 2 fully saturated rings. The molecule has 0 heterocycles. The van der Waals surface area contributed by atoms with E-state index in [1.807, 2.05) is 13.0 Å². The molecule has 2 rings (SSSR count). The molecular formula is C13H22N2O. The minimum Gasteiger partial charge on any atom is -0.335 e. The van der Waals surface area contributed by atoms with E-state index in [1.165, 1.54) is 25.7 Å². The van der Waals surface area contributed by atoms with Crippen molar-refractivity contribution in [2.45, 2.75) is 45.6 Å². The summed E-state index contributed by atoms with van der Waals surface area (Å²) in [6.07, 6.45) is 8.99. The average Bonchev–Trinajstić information content (AvgIpc) is 2.87. The van der Waals surface area contributed by atoms with Gasteiger partial charge in [0.25, 0.3) is 0 Å². The molecule has 0 aliphatic heterocycles. The first-order valence-electron chi connectivity index (χ1n) is 6.39. The summed E-state index contributed by atoms with van der Waals surface area (Å²) in [6.45, 7) is 4.03. The van der Waals surface area contributed by atoms with Gasteiger partial charge in [0.1, 0.15) is 0 Å². The first kappa shape index (κ1) is 11.5. The molecule has 0 saturated heterocycles. The summed E-state index contributed by atoms with van der Waals surface area (Å²) in [5.74, 6) is 2.51. The van der Waals surface area contributed by atoms with Gasteiger partial charge in [-0.05, 0) is 50.9 Å². The number of hydrogen-bond acceptors (Lipinski definition) is 1. The topological polar surface area (TPSA) is 41.1 Å². The van der Waals surface area contributed by atoms with Gasteiger partial charge in [0.2, 0.25) is 0 Å². The Kier molecular flexibility index (Phi) is 3.52. The molecule has 2 N–H and O–H groups in total. The van der Waals surface area contributed by atoms with E-state index in [9.17, 15) is 4.79 Å². The molecular weight excluding hydrogens is 200 g/mol. The maximum atomic E-state index is 11.5. The summed E-state index contributed by atoms with van der Waals surface area (Å²) >= 11 is 0. The molecule has 4 unspecified atom stereocenters. The Morgan fingerprint density at radius 3 is 2.75 bits per heavy atom. The average molecular weight is 222 g/mol. The zero-order valence-corrected chi connectivity index (χ0v) is 10.2. The van der Waals surface area contributed by atoms with Crippen molar-refractivity contribution in [2.75, 3.05) is 0 Å². The highest BCUT2D eigenvalue weighted by molar-refractivity contribution is 5.75. The summed E-state index contributed by atoms with van der Waals surface area (Å²) in [4.78, 5) is 11.5. The third kappa shape index (κ3) is 2.39. The Hall–Kier alpha value is -0.990. The van der Waals surface area contributed by atoms with E-state index in [0.29, 0.717) is 12.0 Å². The van der Waals surface area contributed by atoms with Gasteiger partial charge in [-0.15, -0.1) is 0 Å². The molecule has 0 aromatic heterocycles. The minimum atomic E-state index is -0.0756. The van der Waals surface area contributed by atoms with Gasteiger partial charge < -0.3 is 10.6 Å². The maximum Gasteiger partial charge on any atom is 0.318 e. The number of allylic oxidation sites excluding steroid dienone is 1. The van der Waals surface area contributed by atoms with Crippen LogP contribution in [0.4, 0.5) is 4.79 Å². The van der Waals surface area contributed by atoms with Crippen LogP contribution < -0.4 is 10.6 Å². The van der Waals surface area contributed by atoms with E-state index >= 15 is 0 Å². The second-order valence-corrected chi connectivity index (χ2v) is 5.25. The largest absolute Gasteiger partial charge is 0.335 e. The van der Waals surface area contributed by atoms with Crippen LogP contribution in [0.5, 0.6) is 0 Å². The van der Waals surface area contributed by atoms with Gasteiger partial charge >= 0.3 is 6.03 Å². The van der Waals surface area contributed by atoms with E-state index in [-0.39, 0.29) is 6.03 Å². The van der Waals surface area contributed by atoms with Gasteiger partial charge in [0, 0.05) is 12.2 Å².